The van der Waals surface area contributed by atoms with Crippen LogP contribution in [0.5, 0.6) is 0 Å². The monoisotopic (exact) mass is 494 g/mol. The zero-order chi connectivity index (χ0) is 25.3. The van der Waals surface area contributed by atoms with Crippen molar-refractivity contribution in [1.82, 2.24) is 0 Å². The van der Waals surface area contributed by atoms with E-state index in [4.69, 9.17) is 9.29 Å². The molecule has 0 radical (unpaired) electrons. The van der Waals surface area contributed by atoms with E-state index >= 15 is 0 Å². The van der Waals surface area contributed by atoms with Crippen LogP contribution >= 0.6 is 0 Å². The first-order valence-electron chi connectivity index (χ1n) is 13.3. The molecule has 0 aliphatic rings. The van der Waals surface area contributed by atoms with Crippen LogP contribution in [-0.4, -0.2) is 26.7 Å². The van der Waals surface area contributed by atoms with E-state index in [0.717, 1.165) is 44.1 Å². The van der Waals surface area contributed by atoms with Crippen molar-refractivity contribution in [2.24, 2.45) is 0 Å². The summed E-state index contributed by atoms with van der Waals surface area (Å²) in [6, 6.07) is 6.74. The molecule has 5 heteroatoms. The highest BCUT2D eigenvalue weighted by Crippen LogP contribution is 2.15. The summed E-state index contributed by atoms with van der Waals surface area (Å²) >= 11 is 0. The number of allylic oxidation sites excluding steroid dienone is 2. The Morgan fingerprint density at radius 1 is 0.706 bits per heavy atom. The van der Waals surface area contributed by atoms with Gasteiger partial charge in [-0.25, -0.2) is 0 Å². The van der Waals surface area contributed by atoms with Gasteiger partial charge in [0, 0.05) is 6.61 Å². The highest BCUT2D eigenvalue weighted by atomic mass is 32.2. The van der Waals surface area contributed by atoms with Gasteiger partial charge >= 0.3 is 0 Å². The van der Waals surface area contributed by atoms with Gasteiger partial charge in [0.1, 0.15) is 0 Å². The van der Waals surface area contributed by atoms with Crippen LogP contribution in [0.2, 0.25) is 0 Å². The van der Waals surface area contributed by atoms with E-state index in [1.807, 2.05) is 19.1 Å². The highest BCUT2D eigenvalue weighted by molar-refractivity contribution is 7.86. The van der Waals surface area contributed by atoms with Crippen molar-refractivity contribution < 1.29 is 17.7 Å². The first-order chi connectivity index (χ1) is 16.5. The molecule has 0 unspecified atom stereocenters. The fourth-order valence-electron chi connectivity index (χ4n) is 3.50. The quantitative estimate of drug-likeness (QED) is 0.106. The maximum absolute atomic E-state index is 11.9. The molecular weight excluding hydrogens is 444 g/mol. The van der Waals surface area contributed by atoms with Crippen molar-refractivity contribution in [2.75, 3.05) is 13.2 Å². The molecule has 34 heavy (non-hydrogen) atoms. The SMILES string of the molecule is C=CCCCCCCCCCO.C=CCCCCCCCCCOS(=O)(=O)c1ccc(C)cc1. The van der Waals surface area contributed by atoms with E-state index in [1.165, 1.54) is 64.2 Å². The lowest BCUT2D eigenvalue weighted by Crippen LogP contribution is -2.07. The minimum atomic E-state index is -3.59. The van der Waals surface area contributed by atoms with E-state index in [1.54, 1.807) is 24.3 Å². The molecule has 1 aromatic carbocycles. The normalized spacial score (nSPS) is 11.0. The Bertz CT molecular complexity index is 695. The molecule has 0 spiro atoms. The maximum Gasteiger partial charge on any atom is 0.296 e. The molecule has 0 fully saturated rings. The molecule has 0 aromatic heterocycles. The molecule has 0 amide bonds. The lowest BCUT2D eigenvalue weighted by atomic mass is 10.1. The number of benzene rings is 1. The summed E-state index contributed by atoms with van der Waals surface area (Å²) in [6.07, 6.45) is 22.9. The largest absolute Gasteiger partial charge is 0.396 e. The van der Waals surface area contributed by atoms with Gasteiger partial charge in [0.05, 0.1) is 11.5 Å². The predicted octanol–water partition coefficient (Wildman–Crippen LogP) is 8.29. The Balaban J connectivity index is 0.000000770. The van der Waals surface area contributed by atoms with Crippen molar-refractivity contribution in [1.29, 1.82) is 0 Å². The molecule has 1 N–H and O–H groups in total. The van der Waals surface area contributed by atoms with Gasteiger partial charge in [-0.15, -0.1) is 13.2 Å². The summed E-state index contributed by atoms with van der Waals surface area (Å²) in [7, 11) is -3.59. The van der Waals surface area contributed by atoms with E-state index in [0.29, 0.717) is 6.61 Å². The molecule has 4 nitrogen and oxygen atoms in total. The lowest BCUT2D eigenvalue weighted by molar-refractivity contribution is 0.282. The fraction of sp³-hybridized carbons (Fsp3) is 0.655. The number of rotatable bonds is 21. The van der Waals surface area contributed by atoms with Gasteiger partial charge < -0.3 is 5.11 Å². The molecule has 0 saturated carbocycles. The van der Waals surface area contributed by atoms with E-state index in [-0.39, 0.29) is 11.5 Å². The second kappa shape index (κ2) is 23.3. The van der Waals surface area contributed by atoms with E-state index in [2.05, 4.69) is 13.2 Å². The average molecular weight is 495 g/mol. The topological polar surface area (TPSA) is 63.6 Å². The molecule has 0 bridgehead atoms. The standard InChI is InChI=1S/C18H28O3S.C11H22O/c1-3-4-5-6-7-8-9-10-11-16-21-22(19,20)18-14-12-17(2)13-15-18;1-2-3-4-5-6-7-8-9-10-11-12/h3,12-15H,1,4-11,16H2,2H3;2,12H,1,3-11H2. The van der Waals surface area contributed by atoms with Crippen LogP contribution in [0.15, 0.2) is 54.5 Å². The molecule has 0 aliphatic heterocycles. The minimum Gasteiger partial charge on any atom is -0.396 e. The van der Waals surface area contributed by atoms with E-state index in [9.17, 15) is 8.42 Å². The Morgan fingerprint density at radius 2 is 1.12 bits per heavy atom. The highest BCUT2D eigenvalue weighted by Gasteiger charge is 2.14. The Kier molecular flexibility index (Phi) is 22.3. The Hall–Kier alpha value is -1.43. The van der Waals surface area contributed by atoms with Crippen LogP contribution in [0, 0.1) is 6.92 Å². The summed E-state index contributed by atoms with van der Waals surface area (Å²) in [4.78, 5) is 0.236. The number of aliphatic hydroxyl groups excluding tert-OH is 1. The predicted molar refractivity (Wildman–Crippen MR) is 146 cm³/mol. The van der Waals surface area contributed by atoms with Crippen LogP contribution < -0.4 is 0 Å². The molecular formula is C29H50O4S. The zero-order valence-corrected chi connectivity index (χ0v) is 22.5. The summed E-state index contributed by atoms with van der Waals surface area (Å²) in [6.45, 7) is 9.96. The third kappa shape index (κ3) is 20.0. The average Bonchev–Trinajstić information content (AvgIpc) is 2.83. The molecule has 196 valence electrons. The fourth-order valence-corrected chi connectivity index (χ4v) is 4.44. The van der Waals surface area contributed by atoms with Crippen molar-refractivity contribution in [3.8, 4) is 0 Å². The van der Waals surface area contributed by atoms with E-state index < -0.39 is 10.1 Å². The zero-order valence-electron chi connectivity index (χ0n) is 21.7. The summed E-state index contributed by atoms with van der Waals surface area (Å²) in [5.74, 6) is 0. The van der Waals surface area contributed by atoms with Gasteiger partial charge in [0.15, 0.2) is 0 Å². The number of aliphatic hydroxyl groups is 1. The van der Waals surface area contributed by atoms with Gasteiger partial charge in [0.25, 0.3) is 10.1 Å². The number of hydrogen-bond donors (Lipinski definition) is 1. The molecule has 0 atom stereocenters. The minimum absolute atomic E-state index is 0.236. The van der Waals surface area contributed by atoms with Crippen molar-refractivity contribution in [3.05, 3.63) is 55.1 Å². The summed E-state index contributed by atoms with van der Waals surface area (Å²) < 4.78 is 29.0. The molecule has 0 heterocycles. The molecule has 1 aromatic rings. The van der Waals surface area contributed by atoms with Gasteiger partial charge in [-0.3, -0.25) is 4.18 Å². The van der Waals surface area contributed by atoms with Gasteiger partial charge in [0.2, 0.25) is 0 Å². The number of aryl methyl sites for hydroxylation is 1. The van der Waals surface area contributed by atoms with Crippen LogP contribution in [0.4, 0.5) is 0 Å². The second-order valence-corrected chi connectivity index (χ2v) is 10.5. The number of hydrogen-bond acceptors (Lipinski definition) is 4. The molecule has 0 saturated heterocycles. The second-order valence-electron chi connectivity index (χ2n) is 8.92. The number of unbranched alkanes of at least 4 members (excludes halogenated alkanes) is 14. The van der Waals surface area contributed by atoms with Crippen molar-refractivity contribution in [3.63, 3.8) is 0 Å². The maximum atomic E-state index is 11.9. The molecule has 0 aliphatic carbocycles. The van der Waals surface area contributed by atoms with Gasteiger partial charge in [-0.1, -0.05) is 94.1 Å². The van der Waals surface area contributed by atoms with Crippen LogP contribution in [0.25, 0.3) is 0 Å². The Morgan fingerprint density at radius 3 is 1.56 bits per heavy atom. The summed E-state index contributed by atoms with van der Waals surface area (Å²) in [5.41, 5.74) is 1.03. The molecule has 1 rings (SSSR count). The third-order valence-corrected chi connectivity index (χ3v) is 6.99. The lowest BCUT2D eigenvalue weighted by Gasteiger charge is -2.06. The van der Waals surface area contributed by atoms with Gasteiger partial charge in [-0.05, 0) is 57.6 Å². The van der Waals surface area contributed by atoms with Crippen molar-refractivity contribution in [2.45, 2.75) is 115 Å². The first kappa shape index (κ1) is 32.6. The third-order valence-electron chi connectivity index (χ3n) is 5.67. The van der Waals surface area contributed by atoms with Crippen LogP contribution in [0.1, 0.15) is 108 Å². The van der Waals surface area contributed by atoms with Crippen LogP contribution in [0.3, 0.4) is 0 Å². The first-order valence-corrected chi connectivity index (χ1v) is 14.7. The van der Waals surface area contributed by atoms with Gasteiger partial charge in [-0.2, -0.15) is 8.42 Å². The summed E-state index contributed by atoms with van der Waals surface area (Å²) in [5, 5.41) is 8.53. The Labute approximate surface area is 210 Å². The smallest absolute Gasteiger partial charge is 0.296 e. The van der Waals surface area contributed by atoms with Crippen LogP contribution in [-0.2, 0) is 14.3 Å². The van der Waals surface area contributed by atoms with Crippen molar-refractivity contribution >= 4 is 10.1 Å².